The van der Waals surface area contributed by atoms with E-state index in [1.54, 1.807) is 0 Å². The van der Waals surface area contributed by atoms with Gasteiger partial charge in [0.05, 0.1) is 12.7 Å². The maximum atomic E-state index is 5.92. The molecular formula is C12H20O. The Hall–Kier alpha value is -0.0400. The predicted octanol–water partition coefficient (Wildman–Crippen LogP) is 2.56. The van der Waals surface area contributed by atoms with E-state index in [4.69, 9.17) is 4.74 Å². The summed E-state index contributed by atoms with van der Waals surface area (Å²) in [6.07, 6.45) is 2.12. The fourth-order valence-corrected chi connectivity index (χ4v) is 4.55. The third-order valence-electron chi connectivity index (χ3n) is 4.95. The van der Waals surface area contributed by atoms with Crippen molar-refractivity contribution < 1.29 is 4.74 Å². The van der Waals surface area contributed by atoms with Crippen molar-refractivity contribution in [2.75, 3.05) is 6.61 Å². The van der Waals surface area contributed by atoms with Crippen LogP contribution in [0.1, 0.15) is 27.2 Å². The van der Waals surface area contributed by atoms with Crippen LogP contribution in [0.15, 0.2) is 0 Å². The second-order valence-electron chi connectivity index (χ2n) is 5.71. The molecule has 0 N–H and O–H groups in total. The first-order valence-electron chi connectivity index (χ1n) is 5.81. The molecule has 3 rings (SSSR count). The molecule has 2 bridgehead atoms. The summed E-state index contributed by atoms with van der Waals surface area (Å²) < 4.78 is 5.92. The van der Waals surface area contributed by atoms with Gasteiger partial charge in [-0.05, 0) is 41.9 Å². The maximum Gasteiger partial charge on any atom is 0.0635 e. The van der Waals surface area contributed by atoms with Gasteiger partial charge in [-0.3, -0.25) is 0 Å². The summed E-state index contributed by atoms with van der Waals surface area (Å²) >= 11 is 0. The zero-order valence-corrected chi connectivity index (χ0v) is 8.86. The number of hydrogen-bond donors (Lipinski definition) is 0. The molecule has 6 atom stereocenters. The van der Waals surface area contributed by atoms with Gasteiger partial charge < -0.3 is 4.74 Å². The number of hydrogen-bond acceptors (Lipinski definition) is 1. The van der Waals surface area contributed by atoms with Gasteiger partial charge in [0.2, 0.25) is 0 Å². The lowest BCUT2D eigenvalue weighted by molar-refractivity contribution is 0.0600. The van der Waals surface area contributed by atoms with Crippen LogP contribution in [0, 0.1) is 35.5 Å². The molecular weight excluding hydrogens is 160 g/mol. The Balaban J connectivity index is 1.94. The van der Waals surface area contributed by atoms with E-state index in [0.717, 1.165) is 42.1 Å². The average Bonchev–Trinajstić information content (AvgIpc) is 2.61. The highest BCUT2D eigenvalue weighted by molar-refractivity contribution is 5.08. The predicted molar refractivity (Wildman–Crippen MR) is 52.3 cm³/mol. The fourth-order valence-electron chi connectivity index (χ4n) is 4.55. The van der Waals surface area contributed by atoms with Gasteiger partial charge in [0.15, 0.2) is 0 Å². The zero-order valence-electron chi connectivity index (χ0n) is 8.86. The lowest BCUT2D eigenvalue weighted by Crippen LogP contribution is -2.33. The molecule has 1 nitrogen and oxygen atoms in total. The van der Waals surface area contributed by atoms with Gasteiger partial charge in [0.25, 0.3) is 0 Å². The lowest BCUT2D eigenvalue weighted by Gasteiger charge is -2.33. The molecule has 0 aromatic carbocycles. The van der Waals surface area contributed by atoms with Gasteiger partial charge in [-0.1, -0.05) is 20.8 Å². The third kappa shape index (κ3) is 0.869. The molecule has 74 valence electrons. The van der Waals surface area contributed by atoms with Gasteiger partial charge in [0.1, 0.15) is 0 Å². The molecule has 3 aliphatic rings. The minimum Gasteiger partial charge on any atom is -0.377 e. The normalized spacial score (nSPS) is 58.2. The first kappa shape index (κ1) is 8.28. The zero-order chi connectivity index (χ0) is 9.16. The lowest BCUT2D eigenvalue weighted by atomic mass is 9.70. The summed E-state index contributed by atoms with van der Waals surface area (Å²) in [5.41, 5.74) is 0. The summed E-state index contributed by atoms with van der Waals surface area (Å²) in [7, 11) is 0. The smallest absolute Gasteiger partial charge is 0.0635 e. The summed E-state index contributed by atoms with van der Waals surface area (Å²) in [6, 6.07) is 0. The van der Waals surface area contributed by atoms with Crippen LogP contribution in [-0.2, 0) is 4.74 Å². The van der Waals surface area contributed by atoms with Crippen LogP contribution >= 0.6 is 0 Å². The molecule has 2 saturated carbocycles. The number of rotatable bonds is 1. The second kappa shape index (κ2) is 2.50. The Morgan fingerprint density at radius 1 is 1.15 bits per heavy atom. The second-order valence-corrected chi connectivity index (χ2v) is 5.71. The molecule has 2 aliphatic carbocycles. The van der Waals surface area contributed by atoms with Gasteiger partial charge in [-0.2, -0.15) is 0 Å². The topological polar surface area (TPSA) is 9.23 Å². The molecule has 0 spiro atoms. The first-order valence-corrected chi connectivity index (χ1v) is 5.81. The van der Waals surface area contributed by atoms with E-state index < -0.39 is 0 Å². The van der Waals surface area contributed by atoms with Crippen LogP contribution in [0.5, 0.6) is 0 Å². The molecule has 1 saturated heterocycles. The highest BCUT2D eigenvalue weighted by atomic mass is 16.5. The van der Waals surface area contributed by atoms with Crippen LogP contribution < -0.4 is 0 Å². The van der Waals surface area contributed by atoms with Gasteiger partial charge >= 0.3 is 0 Å². The fraction of sp³-hybridized carbons (Fsp3) is 1.00. The molecule has 1 heteroatoms. The van der Waals surface area contributed by atoms with Crippen molar-refractivity contribution in [2.24, 2.45) is 35.5 Å². The van der Waals surface area contributed by atoms with Gasteiger partial charge in [0, 0.05) is 0 Å². The van der Waals surface area contributed by atoms with Crippen molar-refractivity contribution in [3.63, 3.8) is 0 Å². The first-order chi connectivity index (χ1) is 6.20. The molecule has 1 aliphatic heterocycles. The average molecular weight is 180 g/mol. The van der Waals surface area contributed by atoms with Crippen LogP contribution in [-0.4, -0.2) is 12.7 Å². The standard InChI is InChI=1S/C12H20O/c1-6(2)11-8-4-9-10(11)5-13-12(9)7(8)3/h6-12H,4-5H2,1-3H3. The Labute approximate surface area is 80.8 Å². The Bertz CT molecular complexity index is 223. The Kier molecular flexibility index (Phi) is 1.59. The molecule has 6 unspecified atom stereocenters. The highest BCUT2D eigenvalue weighted by Crippen LogP contribution is 2.61. The SMILES string of the molecule is CC(C)C1C2CC3C1COC3C2C. The van der Waals surface area contributed by atoms with Crippen LogP contribution in [0.25, 0.3) is 0 Å². The monoisotopic (exact) mass is 180 g/mol. The van der Waals surface area contributed by atoms with E-state index in [1.807, 2.05) is 0 Å². The Morgan fingerprint density at radius 2 is 1.92 bits per heavy atom. The van der Waals surface area contributed by atoms with Crippen LogP contribution in [0.3, 0.4) is 0 Å². The summed E-state index contributed by atoms with van der Waals surface area (Å²) in [5.74, 6) is 5.53. The minimum absolute atomic E-state index is 0.644. The molecule has 0 aromatic heterocycles. The quantitative estimate of drug-likeness (QED) is 0.602. The Morgan fingerprint density at radius 3 is 2.62 bits per heavy atom. The number of fused-ring (bicyclic) bond motifs is 1. The summed E-state index contributed by atoms with van der Waals surface area (Å²) in [5, 5.41) is 0. The van der Waals surface area contributed by atoms with Crippen molar-refractivity contribution in [1.82, 2.24) is 0 Å². The minimum atomic E-state index is 0.644. The molecule has 13 heavy (non-hydrogen) atoms. The van der Waals surface area contributed by atoms with Crippen molar-refractivity contribution in [1.29, 1.82) is 0 Å². The van der Waals surface area contributed by atoms with Gasteiger partial charge in [-0.15, -0.1) is 0 Å². The summed E-state index contributed by atoms with van der Waals surface area (Å²) in [4.78, 5) is 0. The van der Waals surface area contributed by atoms with E-state index in [2.05, 4.69) is 20.8 Å². The molecule has 0 amide bonds. The van der Waals surface area contributed by atoms with Crippen molar-refractivity contribution in [3.05, 3.63) is 0 Å². The van der Waals surface area contributed by atoms with Crippen LogP contribution in [0.2, 0.25) is 0 Å². The summed E-state index contributed by atoms with van der Waals surface area (Å²) in [6.45, 7) is 8.27. The van der Waals surface area contributed by atoms with Crippen molar-refractivity contribution in [3.8, 4) is 0 Å². The van der Waals surface area contributed by atoms with E-state index in [9.17, 15) is 0 Å². The van der Waals surface area contributed by atoms with Crippen molar-refractivity contribution >= 4 is 0 Å². The van der Waals surface area contributed by atoms with E-state index in [1.165, 1.54) is 6.42 Å². The van der Waals surface area contributed by atoms with Crippen LogP contribution in [0.4, 0.5) is 0 Å². The van der Waals surface area contributed by atoms with E-state index in [-0.39, 0.29) is 0 Å². The maximum absolute atomic E-state index is 5.92. The number of ether oxygens (including phenoxy) is 1. The molecule has 1 heterocycles. The molecule has 0 radical (unpaired) electrons. The van der Waals surface area contributed by atoms with Crippen molar-refractivity contribution in [2.45, 2.75) is 33.3 Å². The largest absolute Gasteiger partial charge is 0.377 e. The third-order valence-corrected chi connectivity index (χ3v) is 4.95. The molecule has 3 fully saturated rings. The highest BCUT2D eigenvalue weighted by Gasteiger charge is 2.60. The van der Waals surface area contributed by atoms with Gasteiger partial charge in [-0.25, -0.2) is 0 Å². The van der Waals surface area contributed by atoms with E-state index in [0.29, 0.717) is 6.10 Å². The van der Waals surface area contributed by atoms with E-state index >= 15 is 0 Å². The molecule has 0 aromatic rings.